The van der Waals surface area contributed by atoms with E-state index in [9.17, 15) is 0 Å². The third kappa shape index (κ3) is 1.49. The second-order valence-electron chi connectivity index (χ2n) is 2.17. The van der Waals surface area contributed by atoms with E-state index < -0.39 is 0 Å². The number of halogens is 1. The molecule has 0 aliphatic carbocycles. The Morgan fingerprint density at radius 3 is 2.75 bits per heavy atom. The monoisotopic (exact) mass is 131 g/mol. The Morgan fingerprint density at radius 2 is 2.38 bits per heavy atom. The normalized spacial score (nSPS) is 37.8. The highest BCUT2D eigenvalue weighted by atomic mass is 35.5. The van der Waals surface area contributed by atoms with Gasteiger partial charge in [0.2, 0.25) is 0 Å². The zero-order chi connectivity index (χ0) is 5.98. The molecule has 1 N–H and O–H groups in total. The first kappa shape index (κ1) is 6.12. The smallest absolute Gasteiger partial charge is 0.101 e. The van der Waals surface area contributed by atoms with Crippen molar-refractivity contribution in [2.45, 2.75) is 12.4 Å². The zero-order valence-corrected chi connectivity index (χ0v) is 5.65. The SMILES string of the molecule is CC1C=CC(Cl)NC1. The molecule has 0 radical (unpaired) electrons. The Kier molecular flexibility index (Phi) is 1.92. The molecule has 2 unspecified atom stereocenters. The van der Waals surface area contributed by atoms with E-state index in [1.54, 1.807) is 0 Å². The number of hydrogen-bond acceptors (Lipinski definition) is 1. The van der Waals surface area contributed by atoms with Crippen molar-refractivity contribution in [2.75, 3.05) is 6.54 Å². The standard InChI is InChI=1S/C6H10ClN/c1-5-2-3-6(7)8-4-5/h2-3,5-6,8H,4H2,1H3. The molecule has 0 fully saturated rings. The Bertz CT molecular complexity index is 88.7. The van der Waals surface area contributed by atoms with Crippen molar-refractivity contribution in [1.29, 1.82) is 0 Å². The fourth-order valence-electron chi connectivity index (χ4n) is 0.722. The fourth-order valence-corrected chi connectivity index (χ4v) is 0.895. The van der Waals surface area contributed by atoms with Crippen molar-refractivity contribution < 1.29 is 0 Å². The van der Waals surface area contributed by atoms with Gasteiger partial charge in [-0.3, -0.25) is 5.32 Å². The first-order valence-electron chi connectivity index (χ1n) is 2.85. The molecular formula is C6H10ClN. The van der Waals surface area contributed by atoms with E-state index in [-0.39, 0.29) is 5.50 Å². The molecular weight excluding hydrogens is 122 g/mol. The van der Waals surface area contributed by atoms with Gasteiger partial charge in [0.25, 0.3) is 0 Å². The molecule has 1 heterocycles. The summed E-state index contributed by atoms with van der Waals surface area (Å²) in [6.07, 6.45) is 4.11. The van der Waals surface area contributed by atoms with Gasteiger partial charge in [0.15, 0.2) is 0 Å². The second kappa shape index (κ2) is 2.51. The molecule has 8 heavy (non-hydrogen) atoms. The van der Waals surface area contributed by atoms with Gasteiger partial charge in [0.05, 0.1) is 0 Å². The Labute approximate surface area is 54.7 Å². The van der Waals surface area contributed by atoms with Gasteiger partial charge in [-0.1, -0.05) is 19.1 Å². The van der Waals surface area contributed by atoms with E-state index in [1.165, 1.54) is 0 Å². The van der Waals surface area contributed by atoms with Crippen molar-refractivity contribution in [3.63, 3.8) is 0 Å². The first-order valence-corrected chi connectivity index (χ1v) is 3.28. The van der Waals surface area contributed by atoms with Crippen molar-refractivity contribution in [2.24, 2.45) is 5.92 Å². The van der Waals surface area contributed by atoms with Crippen LogP contribution in [0.25, 0.3) is 0 Å². The Morgan fingerprint density at radius 1 is 1.62 bits per heavy atom. The highest BCUT2D eigenvalue weighted by molar-refractivity contribution is 6.21. The molecule has 1 rings (SSSR count). The van der Waals surface area contributed by atoms with Crippen molar-refractivity contribution in [1.82, 2.24) is 5.32 Å². The van der Waals surface area contributed by atoms with E-state index in [1.807, 2.05) is 6.08 Å². The molecule has 0 amide bonds. The van der Waals surface area contributed by atoms with Gasteiger partial charge in [-0.25, -0.2) is 0 Å². The maximum atomic E-state index is 5.68. The Hall–Kier alpha value is -0.0100. The van der Waals surface area contributed by atoms with Crippen LogP contribution in [0.15, 0.2) is 12.2 Å². The van der Waals surface area contributed by atoms with Crippen molar-refractivity contribution in [3.8, 4) is 0 Å². The van der Waals surface area contributed by atoms with Crippen LogP contribution in [0.2, 0.25) is 0 Å². The van der Waals surface area contributed by atoms with Crippen LogP contribution in [0.1, 0.15) is 6.92 Å². The molecule has 1 nitrogen and oxygen atoms in total. The van der Waals surface area contributed by atoms with Gasteiger partial charge in [-0.2, -0.15) is 0 Å². The molecule has 46 valence electrons. The summed E-state index contributed by atoms with van der Waals surface area (Å²) in [6.45, 7) is 3.16. The molecule has 0 aromatic heterocycles. The van der Waals surface area contributed by atoms with Gasteiger partial charge in [-0.15, -0.1) is 11.6 Å². The van der Waals surface area contributed by atoms with Crippen molar-refractivity contribution >= 4 is 11.6 Å². The fraction of sp³-hybridized carbons (Fsp3) is 0.667. The summed E-state index contributed by atoms with van der Waals surface area (Å²) >= 11 is 5.68. The van der Waals surface area contributed by atoms with Crippen LogP contribution in [-0.4, -0.2) is 12.0 Å². The summed E-state index contributed by atoms with van der Waals surface area (Å²) in [5.41, 5.74) is 0.0613. The predicted molar refractivity (Wildman–Crippen MR) is 35.9 cm³/mol. The second-order valence-corrected chi connectivity index (χ2v) is 2.64. The summed E-state index contributed by atoms with van der Waals surface area (Å²) in [7, 11) is 0. The topological polar surface area (TPSA) is 12.0 Å². The zero-order valence-electron chi connectivity index (χ0n) is 4.89. The highest BCUT2D eigenvalue weighted by Gasteiger charge is 2.06. The lowest BCUT2D eigenvalue weighted by molar-refractivity contribution is 0.577. The van der Waals surface area contributed by atoms with E-state index in [0.717, 1.165) is 6.54 Å². The summed E-state index contributed by atoms with van der Waals surface area (Å²) in [5.74, 6) is 0.644. The molecule has 1 aliphatic rings. The number of rotatable bonds is 0. The van der Waals surface area contributed by atoms with Crippen LogP contribution in [0.4, 0.5) is 0 Å². The minimum Gasteiger partial charge on any atom is -0.298 e. The molecule has 0 spiro atoms. The summed E-state index contributed by atoms with van der Waals surface area (Å²) in [5, 5.41) is 3.11. The third-order valence-corrected chi connectivity index (χ3v) is 1.54. The summed E-state index contributed by atoms with van der Waals surface area (Å²) in [4.78, 5) is 0. The average Bonchev–Trinajstić information content (AvgIpc) is 1.77. The molecule has 0 saturated carbocycles. The average molecular weight is 132 g/mol. The maximum Gasteiger partial charge on any atom is 0.101 e. The van der Waals surface area contributed by atoms with E-state index in [4.69, 9.17) is 11.6 Å². The predicted octanol–water partition coefficient (Wildman–Crippen LogP) is 1.35. The van der Waals surface area contributed by atoms with Gasteiger partial charge < -0.3 is 0 Å². The maximum absolute atomic E-state index is 5.68. The number of nitrogens with one attached hydrogen (secondary N) is 1. The molecule has 0 bridgehead atoms. The largest absolute Gasteiger partial charge is 0.298 e. The van der Waals surface area contributed by atoms with Crippen LogP contribution in [-0.2, 0) is 0 Å². The van der Waals surface area contributed by atoms with Crippen LogP contribution in [0, 0.1) is 5.92 Å². The van der Waals surface area contributed by atoms with Crippen LogP contribution in [0.3, 0.4) is 0 Å². The summed E-state index contributed by atoms with van der Waals surface area (Å²) in [6, 6.07) is 0. The van der Waals surface area contributed by atoms with Gasteiger partial charge in [0, 0.05) is 6.54 Å². The lowest BCUT2D eigenvalue weighted by atomic mass is 10.1. The lowest BCUT2D eigenvalue weighted by Gasteiger charge is -2.16. The van der Waals surface area contributed by atoms with E-state index in [0.29, 0.717) is 5.92 Å². The van der Waals surface area contributed by atoms with Gasteiger partial charge >= 0.3 is 0 Å². The minimum absolute atomic E-state index is 0.0613. The minimum atomic E-state index is 0.0613. The van der Waals surface area contributed by atoms with Crippen molar-refractivity contribution in [3.05, 3.63) is 12.2 Å². The van der Waals surface area contributed by atoms with Crippen LogP contribution >= 0.6 is 11.6 Å². The van der Waals surface area contributed by atoms with Gasteiger partial charge in [0.1, 0.15) is 5.50 Å². The highest BCUT2D eigenvalue weighted by Crippen LogP contribution is 2.05. The third-order valence-electron chi connectivity index (χ3n) is 1.24. The molecule has 1 aliphatic heterocycles. The quantitative estimate of drug-likeness (QED) is 0.297. The summed E-state index contributed by atoms with van der Waals surface area (Å²) < 4.78 is 0. The molecule has 0 aromatic carbocycles. The molecule has 2 atom stereocenters. The van der Waals surface area contributed by atoms with Gasteiger partial charge in [-0.05, 0) is 5.92 Å². The van der Waals surface area contributed by atoms with Crippen LogP contribution in [0.5, 0.6) is 0 Å². The Balaban J connectivity index is 2.42. The van der Waals surface area contributed by atoms with E-state index >= 15 is 0 Å². The molecule has 0 aromatic rings. The molecule has 2 heteroatoms. The number of alkyl halides is 1. The van der Waals surface area contributed by atoms with Crippen LogP contribution < -0.4 is 5.32 Å². The van der Waals surface area contributed by atoms with E-state index in [2.05, 4.69) is 18.3 Å². The first-order chi connectivity index (χ1) is 3.79. The lowest BCUT2D eigenvalue weighted by Crippen LogP contribution is -2.30. The molecule has 0 saturated heterocycles. The number of hydrogen-bond donors (Lipinski definition) is 1.